The predicted molar refractivity (Wildman–Crippen MR) is 84.5 cm³/mol. The second-order valence-electron chi connectivity index (χ2n) is 5.46. The van der Waals surface area contributed by atoms with Crippen LogP contribution >= 0.6 is 0 Å². The summed E-state index contributed by atoms with van der Waals surface area (Å²) in [5, 5.41) is 8.93. The lowest BCUT2D eigenvalue weighted by Crippen LogP contribution is -2.37. The second-order valence-corrected chi connectivity index (χ2v) is 5.46. The minimum absolute atomic E-state index is 0.153. The van der Waals surface area contributed by atoms with Crippen molar-refractivity contribution in [1.82, 2.24) is 10.6 Å². The van der Waals surface area contributed by atoms with Crippen LogP contribution in [0.15, 0.2) is 24.3 Å². The van der Waals surface area contributed by atoms with Gasteiger partial charge in [0.2, 0.25) is 0 Å². The van der Waals surface area contributed by atoms with Crippen LogP contribution in [0.5, 0.6) is 0 Å². The van der Waals surface area contributed by atoms with Gasteiger partial charge in [0.25, 0.3) is 0 Å². The van der Waals surface area contributed by atoms with Gasteiger partial charge in [0.1, 0.15) is 0 Å². The lowest BCUT2D eigenvalue weighted by Gasteiger charge is -2.22. The van der Waals surface area contributed by atoms with Crippen molar-refractivity contribution in [2.45, 2.75) is 38.3 Å². The van der Waals surface area contributed by atoms with Crippen LogP contribution in [0, 0.1) is 0 Å². The number of benzene rings is 1. The molecule has 1 heterocycles. The molecule has 1 fully saturated rings. The normalized spacial score (nSPS) is 19.8. The zero-order chi connectivity index (χ0) is 15.1. The third kappa shape index (κ3) is 5.02. The first-order valence-corrected chi connectivity index (χ1v) is 7.62. The number of nitrogens with one attached hydrogen (secondary N) is 3. The van der Waals surface area contributed by atoms with E-state index in [4.69, 9.17) is 4.74 Å². The first-order valence-electron chi connectivity index (χ1n) is 7.62. The summed E-state index contributed by atoms with van der Waals surface area (Å²) in [6.07, 6.45) is 3.48. The van der Waals surface area contributed by atoms with E-state index in [1.165, 1.54) is 6.42 Å². The van der Waals surface area contributed by atoms with Crippen molar-refractivity contribution in [1.29, 1.82) is 0 Å². The molecule has 3 N–H and O–H groups in total. The van der Waals surface area contributed by atoms with Crippen LogP contribution in [0.1, 0.15) is 37.8 Å². The molecule has 0 saturated carbocycles. The topological polar surface area (TPSA) is 62.4 Å². The fraction of sp³-hybridized carbons (Fsp3) is 0.562. The molecular formula is C16H25N3O2. The van der Waals surface area contributed by atoms with Gasteiger partial charge in [0.05, 0.1) is 6.10 Å². The van der Waals surface area contributed by atoms with Gasteiger partial charge in [-0.25, -0.2) is 4.79 Å². The molecule has 5 nitrogen and oxygen atoms in total. The van der Waals surface area contributed by atoms with Crippen molar-refractivity contribution >= 4 is 11.7 Å². The molecule has 1 aromatic rings. The van der Waals surface area contributed by atoms with E-state index >= 15 is 0 Å². The molecule has 5 heteroatoms. The standard InChI is InChI=1S/C16H25N3O2/c1-12(17-2)13-6-5-7-14(10-13)19-16(20)18-11-15-8-3-4-9-21-15/h5-7,10,12,15,17H,3-4,8-9,11H2,1-2H3,(H2,18,19,20). The molecule has 2 atom stereocenters. The van der Waals surface area contributed by atoms with Gasteiger partial charge >= 0.3 is 6.03 Å². The third-order valence-corrected chi connectivity index (χ3v) is 3.84. The highest BCUT2D eigenvalue weighted by molar-refractivity contribution is 5.89. The molecule has 2 amide bonds. The quantitative estimate of drug-likeness (QED) is 0.781. The summed E-state index contributed by atoms with van der Waals surface area (Å²) in [5.74, 6) is 0. The van der Waals surface area contributed by atoms with Crippen LogP contribution in [0.2, 0.25) is 0 Å². The Kier molecular flexibility index (Phi) is 6.02. The van der Waals surface area contributed by atoms with Gasteiger partial charge in [0, 0.05) is 24.9 Å². The molecule has 1 saturated heterocycles. The number of hydrogen-bond donors (Lipinski definition) is 3. The lowest BCUT2D eigenvalue weighted by atomic mass is 10.1. The van der Waals surface area contributed by atoms with Crippen LogP contribution in [0.3, 0.4) is 0 Å². The van der Waals surface area contributed by atoms with E-state index < -0.39 is 0 Å². The largest absolute Gasteiger partial charge is 0.376 e. The maximum Gasteiger partial charge on any atom is 0.319 e. The van der Waals surface area contributed by atoms with Crippen molar-refractivity contribution in [2.75, 3.05) is 25.5 Å². The molecule has 0 aliphatic carbocycles. The molecule has 2 rings (SSSR count). The Balaban J connectivity index is 1.81. The molecule has 0 radical (unpaired) electrons. The maximum absolute atomic E-state index is 11.9. The molecule has 0 bridgehead atoms. The van der Waals surface area contributed by atoms with Crippen molar-refractivity contribution < 1.29 is 9.53 Å². The Bertz CT molecular complexity index is 459. The SMILES string of the molecule is CNC(C)c1cccc(NC(=O)NCC2CCCCO2)c1. The fourth-order valence-electron chi connectivity index (χ4n) is 2.40. The van der Waals surface area contributed by atoms with E-state index in [1.807, 2.05) is 31.3 Å². The molecule has 1 aliphatic heterocycles. The van der Waals surface area contributed by atoms with Gasteiger partial charge in [-0.1, -0.05) is 12.1 Å². The number of ether oxygens (including phenoxy) is 1. The van der Waals surface area contributed by atoms with Crippen molar-refractivity contribution in [3.05, 3.63) is 29.8 Å². The van der Waals surface area contributed by atoms with Crippen LogP contribution < -0.4 is 16.0 Å². The van der Waals surface area contributed by atoms with Crippen molar-refractivity contribution in [2.24, 2.45) is 0 Å². The predicted octanol–water partition coefficient (Wildman–Crippen LogP) is 2.66. The maximum atomic E-state index is 11.9. The first kappa shape index (κ1) is 15.8. The smallest absolute Gasteiger partial charge is 0.319 e. The molecular weight excluding hydrogens is 266 g/mol. The van der Waals surface area contributed by atoms with Crippen molar-refractivity contribution in [3.8, 4) is 0 Å². The van der Waals surface area contributed by atoms with Crippen LogP contribution in [0.4, 0.5) is 10.5 Å². The van der Waals surface area contributed by atoms with E-state index in [9.17, 15) is 4.79 Å². The molecule has 116 valence electrons. The molecule has 1 aromatic carbocycles. The number of carbonyl (C=O) groups excluding carboxylic acids is 1. The lowest BCUT2D eigenvalue weighted by molar-refractivity contribution is 0.0187. The van der Waals surface area contributed by atoms with Crippen LogP contribution in [0.25, 0.3) is 0 Å². The molecule has 2 unspecified atom stereocenters. The van der Waals surface area contributed by atoms with Crippen molar-refractivity contribution in [3.63, 3.8) is 0 Å². The second kappa shape index (κ2) is 8.00. The van der Waals surface area contributed by atoms with E-state index in [1.54, 1.807) is 0 Å². The van der Waals surface area contributed by atoms with E-state index in [0.717, 1.165) is 30.7 Å². The molecule has 21 heavy (non-hydrogen) atoms. The number of hydrogen-bond acceptors (Lipinski definition) is 3. The molecule has 0 aromatic heterocycles. The van der Waals surface area contributed by atoms with Gasteiger partial charge in [-0.05, 0) is 50.9 Å². The first-order chi connectivity index (χ1) is 10.2. The Hall–Kier alpha value is -1.59. The summed E-state index contributed by atoms with van der Waals surface area (Å²) in [6.45, 7) is 3.45. The average Bonchev–Trinajstić information content (AvgIpc) is 2.53. The Labute approximate surface area is 126 Å². The number of urea groups is 1. The minimum atomic E-state index is -0.182. The Morgan fingerprint density at radius 1 is 1.43 bits per heavy atom. The van der Waals surface area contributed by atoms with E-state index in [0.29, 0.717) is 6.54 Å². The van der Waals surface area contributed by atoms with Gasteiger partial charge < -0.3 is 20.7 Å². The Morgan fingerprint density at radius 2 is 2.29 bits per heavy atom. The summed E-state index contributed by atoms with van der Waals surface area (Å²) in [6, 6.07) is 7.94. The van der Waals surface area contributed by atoms with Crippen LogP contribution in [-0.4, -0.2) is 32.3 Å². The average molecular weight is 291 g/mol. The number of carbonyl (C=O) groups is 1. The number of anilines is 1. The third-order valence-electron chi connectivity index (χ3n) is 3.84. The summed E-state index contributed by atoms with van der Waals surface area (Å²) in [5.41, 5.74) is 1.95. The summed E-state index contributed by atoms with van der Waals surface area (Å²) < 4.78 is 5.59. The highest BCUT2D eigenvalue weighted by Gasteiger charge is 2.14. The molecule has 1 aliphatic rings. The highest BCUT2D eigenvalue weighted by atomic mass is 16.5. The summed E-state index contributed by atoms with van der Waals surface area (Å²) >= 11 is 0. The molecule has 0 spiro atoms. The zero-order valence-electron chi connectivity index (χ0n) is 12.8. The van der Waals surface area contributed by atoms with Crippen LogP contribution in [-0.2, 0) is 4.74 Å². The zero-order valence-corrected chi connectivity index (χ0v) is 12.8. The fourth-order valence-corrected chi connectivity index (χ4v) is 2.40. The van der Waals surface area contributed by atoms with Gasteiger partial charge in [-0.2, -0.15) is 0 Å². The summed E-state index contributed by atoms with van der Waals surface area (Å²) in [4.78, 5) is 11.9. The van der Waals surface area contributed by atoms with E-state index in [-0.39, 0.29) is 18.2 Å². The monoisotopic (exact) mass is 291 g/mol. The summed E-state index contributed by atoms with van der Waals surface area (Å²) in [7, 11) is 1.92. The van der Waals surface area contributed by atoms with E-state index in [2.05, 4.69) is 22.9 Å². The Morgan fingerprint density at radius 3 is 3.00 bits per heavy atom. The van der Waals surface area contributed by atoms with Gasteiger partial charge in [0.15, 0.2) is 0 Å². The highest BCUT2D eigenvalue weighted by Crippen LogP contribution is 2.17. The number of amides is 2. The minimum Gasteiger partial charge on any atom is -0.376 e. The van der Waals surface area contributed by atoms with Gasteiger partial charge in [-0.3, -0.25) is 0 Å². The number of rotatable bonds is 5. The van der Waals surface area contributed by atoms with Gasteiger partial charge in [-0.15, -0.1) is 0 Å².